The number of nitrogens with zero attached hydrogens (tertiary/aromatic N) is 2. The average Bonchev–Trinajstić information content (AvgIpc) is 2.67. The van der Waals surface area contributed by atoms with E-state index in [9.17, 15) is 0 Å². The van der Waals surface area contributed by atoms with Crippen molar-refractivity contribution in [2.45, 2.75) is 58.5 Å². The lowest BCUT2D eigenvalue weighted by molar-refractivity contribution is 0.414. The molecule has 0 aliphatic rings. The highest BCUT2D eigenvalue weighted by atomic mass is 15.3. The zero-order valence-corrected chi connectivity index (χ0v) is 10.9. The van der Waals surface area contributed by atoms with Crippen molar-refractivity contribution in [3.8, 4) is 0 Å². The van der Waals surface area contributed by atoms with E-state index in [0.717, 1.165) is 13.1 Å². The van der Waals surface area contributed by atoms with Gasteiger partial charge in [-0.25, -0.2) is 0 Å². The summed E-state index contributed by atoms with van der Waals surface area (Å²) in [6.45, 7) is 8.82. The fourth-order valence-electron chi connectivity index (χ4n) is 1.65. The third kappa shape index (κ3) is 6.62. The van der Waals surface area contributed by atoms with E-state index in [0.29, 0.717) is 0 Å². The van der Waals surface area contributed by atoms with E-state index in [1.54, 1.807) is 0 Å². The molecule has 0 spiro atoms. The second-order valence-corrected chi connectivity index (χ2v) is 5.36. The van der Waals surface area contributed by atoms with Crippen LogP contribution in [0.25, 0.3) is 0 Å². The van der Waals surface area contributed by atoms with Crippen LogP contribution < -0.4 is 5.32 Å². The second kappa shape index (κ2) is 6.69. The Hall–Kier alpha value is -0.830. The molecule has 0 saturated heterocycles. The fourth-order valence-corrected chi connectivity index (χ4v) is 1.65. The van der Waals surface area contributed by atoms with Gasteiger partial charge >= 0.3 is 0 Å². The molecule has 0 amide bonds. The van der Waals surface area contributed by atoms with Crippen LogP contribution in [-0.4, -0.2) is 21.9 Å². The van der Waals surface area contributed by atoms with Crippen LogP contribution >= 0.6 is 0 Å². The summed E-state index contributed by atoms with van der Waals surface area (Å²) in [6, 6.07) is 1.98. The molecular weight excluding hydrogens is 198 g/mol. The van der Waals surface area contributed by atoms with Gasteiger partial charge in [-0.3, -0.25) is 4.68 Å². The lowest BCUT2D eigenvalue weighted by Gasteiger charge is -2.20. The molecule has 0 bridgehead atoms. The summed E-state index contributed by atoms with van der Waals surface area (Å²) in [4.78, 5) is 0. The topological polar surface area (TPSA) is 29.9 Å². The Morgan fingerprint density at radius 2 is 1.88 bits per heavy atom. The van der Waals surface area contributed by atoms with Crippen molar-refractivity contribution in [1.29, 1.82) is 0 Å². The van der Waals surface area contributed by atoms with E-state index in [4.69, 9.17) is 0 Å². The van der Waals surface area contributed by atoms with Crippen molar-refractivity contribution >= 4 is 0 Å². The van der Waals surface area contributed by atoms with Gasteiger partial charge in [0.2, 0.25) is 0 Å². The lowest BCUT2D eigenvalue weighted by atomic mass is 10.1. The minimum absolute atomic E-state index is 0.259. The first kappa shape index (κ1) is 13.2. The molecule has 1 aromatic rings. The zero-order chi connectivity index (χ0) is 11.9. The Balaban J connectivity index is 1.89. The minimum Gasteiger partial charge on any atom is -0.312 e. The van der Waals surface area contributed by atoms with Gasteiger partial charge in [-0.2, -0.15) is 5.10 Å². The molecule has 1 aromatic heterocycles. The highest BCUT2D eigenvalue weighted by Gasteiger charge is 2.06. The van der Waals surface area contributed by atoms with Crippen LogP contribution in [0.15, 0.2) is 18.5 Å². The maximum Gasteiger partial charge on any atom is 0.0489 e. The summed E-state index contributed by atoms with van der Waals surface area (Å²) in [5, 5.41) is 7.70. The largest absolute Gasteiger partial charge is 0.312 e. The molecule has 16 heavy (non-hydrogen) atoms. The van der Waals surface area contributed by atoms with Crippen LogP contribution in [0, 0.1) is 0 Å². The minimum atomic E-state index is 0.259. The summed E-state index contributed by atoms with van der Waals surface area (Å²) >= 11 is 0. The first-order chi connectivity index (χ1) is 7.58. The van der Waals surface area contributed by atoms with E-state index in [1.165, 1.54) is 25.7 Å². The Kier molecular flexibility index (Phi) is 5.53. The maximum absolute atomic E-state index is 4.19. The van der Waals surface area contributed by atoms with Crippen molar-refractivity contribution in [2.24, 2.45) is 0 Å². The molecule has 0 radical (unpaired) electrons. The molecule has 0 unspecified atom stereocenters. The summed E-state index contributed by atoms with van der Waals surface area (Å²) in [7, 11) is 0. The van der Waals surface area contributed by atoms with Gasteiger partial charge in [-0.05, 0) is 46.2 Å². The molecule has 1 heterocycles. The highest BCUT2D eigenvalue weighted by molar-refractivity contribution is 4.77. The number of aryl methyl sites for hydroxylation is 1. The number of unbranched alkanes of at least 4 members (excludes halogenated alkanes) is 3. The van der Waals surface area contributed by atoms with Crippen LogP contribution in [0.1, 0.15) is 46.5 Å². The van der Waals surface area contributed by atoms with Crippen molar-refractivity contribution in [1.82, 2.24) is 15.1 Å². The van der Waals surface area contributed by atoms with Gasteiger partial charge in [0, 0.05) is 24.5 Å². The molecule has 0 saturated carbocycles. The smallest absolute Gasteiger partial charge is 0.0489 e. The van der Waals surface area contributed by atoms with Crippen molar-refractivity contribution < 1.29 is 0 Å². The summed E-state index contributed by atoms with van der Waals surface area (Å²) in [5.74, 6) is 0. The Morgan fingerprint density at radius 1 is 1.12 bits per heavy atom. The predicted molar refractivity (Wildman–Crippen MR) is 68.5 cm³/mol. The van der Waals surface area contributed by atoms with E-state index in [2.05, 4.69) is 31.2 Å². The van der Waals surface area contributed by atoms with E-state index in [-0.39, 0.29) is 5.54 Å². The number of hydrogen-bond acceptors (Lipinski definition) is 2. The average molecular weight is 223 g/mol. The first-order valence-electron chi connectivity index (χ1n) is 6.30. The van der Waals surface area contributed by atoms with Gasteiger partial charge in [0.05, 0.1) is 0 Å². The third-order valence-electron chi connectivity index (χ3n) is 2.53. The van der Waals surface area contributed by atoms with E-state index >= 15 is 0 Å². The second-order valence-electron chi connectivity index (χ2n) is 5.36. The highest BCUT2D eigenvalue weighted by Crippen LogP contribution is 2.03. The molecule has 3 heteroatoms. The zero-order valence-electron chi connectivity index (χ0n) is 10.9. The van der Waals surface area contributed by atoms with E-state index in [1.807, 2.05) is 23.1 Å². The first-order valence-corrected chi connectivity index (χ1v) is 6.30. The molecule has 1 N–H and O–H groups in total. The molecule has 0 aliphatic carbocycles. The lowest BCUT2D eigenvalue weighted by Crippen LogP contribution is -2.36. The number of nitrogens with one attached hydrogen (secondary N) is 1. The van der Waals surface area contributed by atoms with Crippen LogP contribution in [0.4, 0.5) is 0 Å². The fraction of sp³-hybridized carbons (Fsp3) is 0.769. The molecule has 0 atom stereocenters. The quantitative estimate of drug-likeness (QED) is 0.720. The van der Waals surface area contributed by atoms with Crippen molar-refractivity contribution in [2.75, 3.05) is 6.54 Å². The Labute approximate surface area is 99.2 Å². The van der Waals surface area contributed by atoms with Gasteiger partial charge in [0.15, 0.2) is 0 Å². The summed E-state index contributed by atoms with van der Waals surface area (Å²) < 4.78 is 2.01. The Bertz CT molecular complexity index is 259. The molecule has 0 aliphatic heterocycles. The van der Waals surface area contributed by atoms with Crippen molar-refractivity contribution in [3.05, 3.63) is 18.5 Å². The molecule has 1 rings (SSSR count). The van der Waals surface area contributed by atoms with Crippen LogP contribution in [0.5, 0.6) is 0 Å². The van der Waals surface area contributed by atoms with Gasteiger partial charge in [-0.1, -0.05) is 12.8 Å². The Morgan fingerprint density at radius 3 is 2.50 bits per heavy atom. The van der Waals surface area contributed by atoms with Crippen LogP contribution in [0.3, 0.4) is 0 Å². The monoisotopic (exact) mass is 223 g/mol. The normalized spacial score (nSPS) is 11.9. The molecular formula is C13H25N3. The standard InChI is InChI=1S/C13H25N3/c1-13(2,3)14-9-6-4-5-7-11-16-12-8-10-15-16/h8,10,12,14H,4-7,9,11H2,1-3H3. The van der Waals surface area contributed by atoms with Crippen LogP contribution in [-0.2, 0) is 6.54 Å². The van der Waals surface area contributed by atoms with E-state index < -0.39 is 0 Å². The summed E-state index contributed by atoms with van der Waals surface area (Å²) in [5.41, 5.74) is 0.259. The summed E-state index contributed by atoms with van der Waals surface area (Å²) in [6.07, 6.45) is 8.98. The molecule has 3 nitrogen and oxygen atoms in total. The van der Waals surface area contributed by atoms with Crippen LogP contribution in [0.2, 0.25) is 0 Å². The molecule has 0 aromatic carbocycles. The number of hydrogen-bond donors (Lipinski definition) is 1. The number of aromatic nitrogens is 2. The maximum atomic E-state index is 4.19. The SMILES string of the molecule is CC(C)(C)NCCCCCCn1cccn1. The van der Waals surface area contributed by atoms with Crippen molar-refractivity contribution in [3.63, 3.8) is 0 Å². The predicted octanol–water partition coefficient (Wildman–Crippen LogP) is 2.83. The molecule has 0 fully saturated rings. The van der Waals surface area contributed by atoms with Gasteiger partial charge in [-0.15, -0.1) is 0 Å². The number of rotatable bonds is 7. The van der Waals surface area contributed by atoms with Gasteiger partial charge in [0.1, 0.15) is 0 Å². The third-order valence-corrected chi connectivity index (χ3v) is 2.53. The van der Waals surface area contributed by atoms with Gasteiger partial charge in [0.25, 0.3) is 0 Å². The molecule has 92 valence electrons. The van der Waals surface area contributed by atoms with Gasteiger partial charge < -0.3 is 5.32 Å².